The number of hydrogen-bond acceptors (Lipinski definition) is 5. The molecule has 0 fully saturated rings. The maximum atomic E-state index is 14.3. The number of carbonyl (C=O) groups is 2. The standard InChI is InChI=1S/C15H12FNO5S/c1-22-15(19)17-23(20,21)13-8-3-2-6-11(13)12-7-4-5-10(9-18)14(12)16/h2-9H,1H3,(H,17,19). The summed E-state index contributed by atoms with van der Waals surface area (Å²) in [6.07, 6.45) is -0.829. The van der Waals surface area contributed by atoms with Gasteiger partial charge < -0.3 is 4.74 Å². The Hall–Kier alpha value is -2.74. The van der Waals surface area contributed by atoms with Gasteiger partial charge in [0.05, 0.1) is 17.6 Å². The number of aldehydes is 1. The molecule has 1 N–H and O–H groups in total. The molecule has 2 aromatic carbocycles. The number of nitrogens with one attached hydrogen (secondary N) is 1. The molecule has 0 bridgehead atoms. The van der Waals surface area contributed by atoms with Crippen molar-refractivity contribution < 1.29 is 27.1 Å². The van der Waals surface area contributed by atoms with E-state index in [2.05, 4.69) is 4.74 Å². The van der Waals surface area contributed by atoms with Crippen LogP contribution in [-0.2, 0) is 14.8 Å². The van der Waals surface area contributed by atoms with Crippen molar-refractivity contribution in [3.05, 3.63) is 53.8 Å². The molecule has 0 aliphatic rings. The first-order valence-corrected chi connectivity index (χ1v) is 7.83. The number of halogens is 1. The molecule has 0 saturated carbocycles. The lowest BCUT2D eigenvalue weighted by atomic mass is 10.0. The second-order valence-corrected chi connectivity index (χ2v) is 6.07. The number of sulfonamides is 1. The molecule has 23 heavy (non-hydrogen) atoms. The number of methoxy groups -OCH3 is 1. The highest BCUT2D eigenvalue weighted by atomic mass is 32.2. The molecule has 0 unspecified atom stereocenters. The molecule has 0 aromatic heterocycles. The van der Waals surface area contributed by atoms with Crippen molar-refractivity contribution >= 4 is 22.4 Å². The van der Waals surface area contributed by atoms with Crippen LogP contribution in [0.1, 0.15) is 10.4 Å². The smallest absolute Gasteiger partial charge is 0.420 e. The highest BCUT2D eigenvalue weighted by molar-refractivity contribution is 7.90. The minimum absolute atomic E-state index is 0.0186. The fourth-order valence-electron chi connectivity index (χ4n) is 1.98. The zero-order chi connectivity index (χ0) is 17.0. The van der Waals surface area contributed by atoms with Crippen LogP contribution in [0.3, 0.4) is 0 Å². The van der Waals surface area contributed by atoms with Crippen LogP contribution in [0.25, 0.3) is 11.1 Å². The Balaban J connectivity index is 2.64. The zero-order valence-electron chi connectivity index (χ0n) is 11.9. The number of ether oxygens (including phenoxy) is 1. The van der Waals surface area contributed by atoms with Crippen LogP contribution in [0.4, 0.5) is 9.18 Å². The van der Waals surface area contributed by atoms with Crippen LogP contribution in [0, 0.1) is 5.82 Å². The summed E-state index contributed by atoms with van der Waals surface area (Å²) >= 11 is 0. The van der Waals surface area contributed by atoms with Crippen molar-refractivity contribution in [1.82, 2.24) is 4.72 Å². The quantitative estimate of drug-likeness (QED) is 0.865. The molecule has 0 saturated heterocycles. The van der Waals surface area contributed by atoms with Crippen LogP contribution < -0.4 is 4.72 Å². The van der Waals surface area contributed by atoms with E-state index in [1.54, 1.807) is 4.72 Å². The first-order valence-electron chi connectivity index (χ1n) is 6.34. The normalized spacial score (nSPS) is 10.9. The van der Waals surface area contributed by atoms with Gasteiger partial charge in [0.25, 0.3) is 10.0 Å². The number of amides is 1. The maximum Gasteiger partial charge on any atom is 0.420 e. The van der Waals surface area contributed by atoms with E-state index >= 15 is 0 Å². The second-order valence-electron chi connectivity index (χ2n) is 4.42. The average Bonchev–Trinajstić information content (AvgIpc) is 2.54. The Kier molecular flexibility index (Phi) is 4.75. The van der Waals surface area contributed by atoms with E-state index in [1.165, 1.54) is 42.5 Å². The molecule has 0 atom stereocenters. The molecule has 0 spiro atoms. The van der Waals surface area contributed by atoms with Crippen molar-refractivity contribution in [2.24, 2.45) is 0 Å². The summed E-state index contributed by atoms with van der Waals surface area (Å²) in [5.74, 6) is -0.844. The predicted molar refractivity (Wildman–Crippen MR) is 80.0 cm³/mol. The summed E-state index contributed by atoms with van der Waals surface area (Å²) in [5.41, 5.74) is -0.249. The van der Waals surface area contributed by atoms with Crippen molar-refractivity contribution in [3.8, 4) is 11.1 Å². The highest BCUT2D eigenvalue weighted by Gasteiger charge is 2.23. The van der Waals surface area contributed by atoms with Crippen LogP contribution in [0.5, 0.6) is 0 Å². The lowest BCUT2D eigenvalue weighted by molar-refractivity contribution is 0.111. The molecule has 120 valence electrons. The van der Waals surface area contributed by atoms with E-state index in [0.29, 0.717) is 6.29 Å². The Bertz CT molecular complexity index is 864. The van der Waals surface area contributed by atoms with Gasteiger partial charge in [-0.3, -0.25) is 4.79 Å². The lowest BCUT2D eigenvalue weighted by Crippen LogP contribution is -2.30. The first-order chi connectivity index (χ1) is 10.9. The largest absolute Gasteiger partial charge is 0.452 e. The zero-order valence-corrected chi connectivity index (χ0v) is 12.8. The topological polar surface area (TPSA) is 89.5 Å². The lowest BCUT2D eigenvalue weighted by Gasteiger charge is -2.12. The maximum absolute atomic E-state index is 14.3. The summed E-state index contributed by atoms with van der Waals surface area (Å²) in [6, 6.07) is 9.58. The molecule has 8 heteroatoms. The molecule has 1 amide bonds. The third-order valence-electron chi connectivity index (χ3n) is 3.03. The fraction of sp³-hybridized carbons (Fsp3) is 0.0667. The third kappa shape index (κ3) is 3.37. The van der Waals surface area contributed by atoms with E-state index in [9.17, 15) is 22.4 Å². The number of benzene rings is 2. The van der Waals surface area contributed by atoms with E-state index in [4.69, 9.17) is 0 Å². The highest BCUT2D eigenvalue weighted by Crippen LogP contribution is 2.30. The monoisotopic (exact) mass is 337 g/mol. The van der Waals surface area contributed by atoms with Gasteiger partial charge in [-0.2, -0.15) is 0 Å². The van der Waals surface area contributed by atoms with Crippen molar-refractivity contribution in [1.29, 1.82) is 0 Å². The first kappa shape index (κ1) is 16.6. The van der Waals surface area contributed by atoms with Crippen LogP contribution >= 0.6 is 0 Å². The molecule has 0 aliphatic heterocycles. The van der Waals surface area contributed by atoms with Gasteiger partial charge in [0.1, 0.15) is 5.82 Å². The third-order valence-corrected chi connectivity index (χ3v) is 4.40. The van der Waals surface area contributed by atoms with E-state index in [1.807, 2.05) is 0 Å². The summed E-state index contributed by atoms with van der Waals surface area (Å²) in [7, 11) is -3.25. The van der Waals surface area contributed by atoms with Crippen LogP contribution in [0.2, 0.25) is 0 Å². The second kappa shape index (κ2) is 6.57. The van der Waals surface area contributed by atoms with Gasteiger partial charge in [-0.1, -0.05) is 30.3 Å². The molecule has 2 aromatic rings. The molecular formula is C15H12FNO5S. The summed E-state index contributed by atoms with van der Waals surface area (Å²) < 4.78 is 44.8. The summed E-state index contributed by atoms with van der Waals surface area (Å²) in [6.45, 7) is 0. The Morgan fingerprint density at radius 2 is 1.78 bits per heavy atom. The van der Waals surface area contributed by atoms with Crippen molar-refractivity contribution in [2.45, 2.75) is 4.90 Å². The van der Waals surface area contributed by atoms with E-state index in [-0.39, 0.29) is 21.6 Å². The van der Waals surface area contributed by atoms with Crippen molar-refractivity contribution in [3.63, 3.8) is 0 Å². The van der Waals surface area contributed by atoms with Crippen LogP contribution in [-0.4, -0.2) is 27.9 Å². The number of rotatable bonds is 4. The van der Waals surface area contributed by atoms with Gasteiger partial charge in [0, 0.05) is 11.1 Å². The Morgan fingerprint density at radius 1 is 1.13 bits per heavy atom. The Labute approximate surface area is 131 Å². The van der Waals surface area contributed by atoms with E-state index < -0.39 is 21.9 Å². The van der Waals surface area contributed by atoms with Gasteiger partial charge in [0.2, 0.25) is 0 Å². The van der Waals surface area contributed by atoms with E-state index in [0.717, 1.165) is 7.11 Å². The molecule has 6 nitrogen and oxygen atoms in total. The molecule has 0 heterocycles. The summed E-state index contributed by atoms with van der Waals surface area (Å²) in [5, 5.41) is 0. The molecular weight excluding hydrogens is 325 g/mol. The number of hydrogen-bond donors (Lipinski definition) is 1. The minimum Gasteiger partial charge on any atom is -0.452 e. The van der Waals surface area contributed by atoms with Gasteiger partial charge in [-0.25, -0.2) is 22.3 Å². The van der Waals surface area contributed by atoms with Gasteiger partial charge in [0.15, 0.2) is 6.29 Å². The SMILES string of the molecule is COC(=O)NS(=O)(=O)c1ccccc1-c1cccc(C=O)c1F. The number of carbonyl (C=O) groups excluding carboxylic acids is 2. The molecule has 0 radical (unpaired) electrons. The molecule has 0 aliphatic carbocycles. The van der Waals surface area contributed by atoms with Gasteiger partial charge in [-0.05, 0) is 12.1 Å². The fourth-order valence-corrected chi connectivity index (χ4v) is 3.12. The van der Waals surface area contributed by atoms with Gasteiger partial charge >= 0.3 is 6.09 Å². The van der Waals surface area contributed by atoms with Crippen molar-refractivity contribution in [2.75, 3.05) is 7.11 Å². The average molecular weight is 337 g/mol. The van der Waals surface area contributed by atoms with Crippen LogP contribution in [0.15, 0.2) is 47.4 Å². The van der Waals surface area contributed by atoms with Gasteiger partial charge in [-0.15, -0.1) is 0 Å². The Morgan fingerprint density at radius 3 is 2.43 bits per heavy atom. The molecule has 2 rings (SSSR count). The summed E-state index contributed by atoms with van der Waals surface area (Å²) in [4.78, 5) is 21.7. The predicted octanol–water partition coefficient (Wildman–Crippen LogP) is 2.35. The minimum atomic E-state index is -4.27.